The molecule has 2 aliphatic heterocycles. The van der Waals surface area contributed by atoms with Gasteiger partial charge in [-0.1, -0.05) is 12.2 Å². The van der Waals surface area contributed by atoms with E-state index in [-0.39, 0.29) is 1.43 Å². The fourth-order valence-electron chi connectivity index (χ4n) is 3.13. The molecule has 5 heteroatoms. The van der Waals surface area contributed by atoms with Gasteiger partial charge in [-0.25, -0.2) is 0 Å². The molecule has 2 unspecified atom stereocenters. The van der Waals surface area contributed by atoms with Crippen LogP contribution in [0.4, 0.5) is 5.69 Å². The van der Waals surface area contributed by atoms with Crippen LogP contribution in [0.15, 0.2) is 42.1 Å². The first-order valence-electron chi connectivity index (χ1n) is 8.38. The van der Waals surface area contributed by atoms with E-state index in [9.17, 15) is 0 Å². The van der Waals surface area contributed by atoms with E-state index in [2.05, 4.69) is 22.5 Å². The third-order valence-electron chi connectivity index (χ3n) is 4.42. The minimum Gasteiger partial charge on any atom is -0.494 e. The zero-order chi connectivity index (χ0) is 15.5. The van der Waals surface area contributed by atoms with E-state index >= 15 is 0 Å². The first-order chi connectivity index (χ1) is 11.4. The van der Waals surface area contributed by atoms with E-state index in [0.717, 1.165) is 68.1 Å². The number of fused-ring (bicyclic) bond motifs is 3. The Balaban J connectivity index is 0.000000140. The molecule has 4 aliphatic rings. The molecule has 0 bridgehead atoms. The van der Waals surface area contributed by atoms with Gasteiger partial charge in [-0.3, -0.25) is 4.98 Å². The standard InChI is InChI=1S/C11H14O2.C7H8N2O.H2/c1-3-8-7-9(8)11-10(4-1)12-5-2-6-13-11;1-2-8-5-6-7(1)10-4-3-9-6;/h1,3,8-9H,2,4-7H2;1-2,5,9H,3-4H2;1H. The maximum absolute atomic E-state index is 5.76. The van der Waals surface area contributed by atoms with Crippen molar-refractivity contribution >= 4 is 5.69 Å². The van der Waals surface area contributed by atoms with Gasteiger partial charge in [0.15, 0.2) is 0 Å². The van der Waals surface area contributed by atoms with Gasteiger partial charge < -0.3 is 19.5 Å². The summed E-state index contributed by atoms with van der Waals surface area (Å²) in [6.07, 6.45) is 11.3. The summed E-state index contributed by atoms with van der Waals surface area (Å²) in [5.74, 6) is 4.55. The van der Waals surface area contributed by atoms with Gasteiger partial charge >= 0.3 is 0 Å². The van der Waals surface area contributed by atoms with Gasteiger partial charge in [0.1, 0.15) is 23.9 Å². The van der Waals surface area contributed by atoms with Gasteiger partial charge in [-0.05, 0) is 12.3 Å². The van der Waals surface area contributed by atoms with Gasteiger partial charge in [0.05, 0.1) is 25.1 Å². The van der Waals surface area contributed by atoms with Crippen molar-refractivity contribution in [2.24, 2.45) is 11.8 Å². The van der Waals surface area contributed by atoms with Crippen molar-refractivity contribution in [1.29, 1.82) is 0 Å². The topological polar surface area (TPSA) is 52.6 Å². The molecule has 0 aromatic carbocycles. The van der Waals surface area contributed by atoms with E-state index in [1.54, 1.807) is 12.4 Å². The smallest absolute Gasteiger partial charge is 0.145 e. The molecule has 0 amide bonds. The van der Waals surface area contributed by atoms with E-state index in [4.69, 9.17) is 14.2 Å². The van der Waals surface area contributed by atoms with Crippen molar-refractivity contribution < 1.29 is 15.6 Å². The van der Waals surface area contributed by atoms with Crippen LogP contribution in [0, 0.1) is 11.8 Å². The van der Waals surface area contributed by atoms with E-state index in [1.807, 2.05) is 6.07 Å². The monoisotopic (exact) mass is 316 g/mol. The van der Waals surface area contributed by atoms with Crippen LogP contribution in [0.5, 0.6) is 5.75 Å². The lowest BCUT2D eigenvalue weighted by molar-refractivity contribution is 0.196. The number of ether oxygens (including phenoxy) is 3. The Kier molecular flexibility index (Phi) is 4.09. The number of aromatic nitrogens is 1. The molecule has 1 N–H and O–H groups in total. The normalized spacial score (nSPS) is 27.0. The second-order valence-electron chi connectivity index (χ2n) is 6.12. The number of hydrogen-bond donors (Lipinski definition) is 1. The molecule has 5 nitrogen and oxygen atoms in total. The lowest BCUT2D eigenvalue weighted by atomic mass is 10.2. The summed E-state index contributed by atoms with van der Waals surface area (Å²) < 4.78 is 16.8. The van der Waals surface area contributed by atoms with Crippen LogP contribution >= 0.6 is 0 Å². The molecule has 2 atom stereocenters. The summed E-state index contributed by atoms with van der Waals surface area (Å²) in [4.78, 5) is 3.96. The van der Waals surface area contributed by atoms with Crippen LogP contribution in [0.2, 0.25) is 0 Å². The lowest BCUT2D eigenvalue weighted by Crippen LogP contribution is -2.17. The molecule has 23 heavy (non-hydrogen) atoms. The van der Waals surface area contributed by atoms with Crippen molar-refractivity contribution in [3.8, 4) is 5.75 Å². The zero-order valence-corrected chi connectivity index (χ0v) is 13.2. The maximum atomic E-state index is 5.76. The molecule has 1 saturated carbocycles. The third kappa shape index (κ3) is 3.28. The van der Waals surface area contributed by atoms with Crippen molar-refractivity contribution in [2.45, 2.75) is 19.3 Å². The largest absolute Gasteiger partial charge is 0.494 e. The predicted molar refractivity (Wildman–Crippen MR) is 89.2 cm³/mol. The fourth-order valence-corrected chi connectivity index (χ4v) is 3.13. The van der Waals surface area contributed by atoms with Crippen LogP contribution in [0.1, 0.15) is 20.7 Å². The minimum absolute atomic E-state index is 0. The Morgan fingerprint density at radius 3 is 3.09 bits per heavy atom. The lowest BCUT2D eigenvalue weighted by Gasteiger charge is -2.17. The summed E-state index contributed by atoms with van der Waals surface area (Å²) in [5.41, 5.74) is 0.994. The maximum Gasteiger partial charge on any atom is 0.145 e. The highest BCUT2D eigenvalue weighted by Crippen LogP contribution is 2.49. The Bertz CT molecular complexity index is 607. The molecular weight excluding hydrogens is 292 g/mol. The molecule has 1 fully saturated rings. The highest BCUT2D eigenvalue weighted by molar-refractivity contribution is 5.55. The summed E-state index contributed by atoms with van der Waals surface area (Å²) in [6, 6.07) is 1.86. The number of allylic oxidation sites excluding steroid dienone is 3. The number of nitrogens with zero attached hydrogens (tertiary/aromatic N) is 1. The Hall–Kier alpha value is -2.17. The van der Waals surface area contributed by atoms with Crippen LogP contribution in [0.3, 0.4) is 0 Å². The van der Waals surface area contributed by atoms with Gasteiger partial charge in [-0.2, -0.15) is 0 Å². The molecule has 3 heterocycles. The summed E-state index contributed by atoms with van der Waals surface area (Å²) in [7, 11) is 0. The Morgan fingerprint density at radius 1 is 1.17 bits per heavy atom. The summed E-state index contributed by atoms with van der Waals surface area (Å²) >= 11 is 0. The molecule has 5 rings (SSSR count). The van der Waals surface area contributed by atoms with Gasteiger partial charge in [0.2, 0.25) is 0 Å². The van der Waals surface area contributed by atoms with Crippen LogP contribution in [-0.2, 0) is 9.47 Å². The Morgan fingerprint density at radius 2 is 2.13 bits per heavy atom. The first-order valence-corrected chi connectivity index (χ1v) is 8.38. The van der Waals surface area contributed by atoms with Crippen LogP contribution in [-0.4, -0.2) is 31.3 Å². The third-order valence-corrected chi connectivity index (χ3v) is 4.42. The van der Waals surface area contributed by atoms with E-state index in [0.29, 0.717) is 5.92 Å². The summed E-state index contributed by atoms with van der Waals surface area (Å²) in [6.45, 7) is 3.28. The number of pyridine rings is 1. The first kappa shape index (κ1) is 14.4. The molecule has 1 aromatic heterocycles. The van der Waals surface area contributed by atoms with Crippen LogP contribution in [0.25, 0.3) is 0 Å². The van der Waals surface area contributed by atoms with Gasteiger partial charge in [-0.15, -0.1) is 0 Å². The predicted octanol–water partition coefficient (Wildman–Crippen LogP) is 3.36. The molecule has 1 aromatic rings. The fraction of sp³-hybridized carbons (Fsp3) is 0.500. The molecule has 0 spiro atoms. The Labute approximate surface area is 137 Å². The number of nitrogens with one attached hydrogen (secondary N) is 1. The van der Waals surface area contributed by atoms with E-state index < -0.39 is 0 Å². The van der Waals surface area contributed by atoms with Crippen molar-refractivity contribution in [3.63, 3.8) is 0 Å². The molecule has 0 saturated heterocycles. The van der Waals surface area contributed by atoms with Crippen molar-refractivity contribution in [1.82, 2.24) is 4.98 Å². The highest BCUT2D eigenvalue weighted by atomic mass is 16.5. The average molecular weight is 316 g/mol. The number of anilines is 1. The van der Waals surface area contributed by atoms with Gasteiger partial charge in [0.25, 0.3) is 0 Å². The van der Waals surface area contributed by atoms with Crippen LogP contribution < -0.4 is 10.1 Å². The second kappa shape index (κ2) is 6.52. The zero-order valence-electron chi connectivity index (χ0n) is 13.2. The molecular formula is C18H24N2O3. The number of rotatable bonds is 0. The van der Waals surface area contributed by atoms with Crippen molar-refractivity contribution in [2.75, 3.05) is 31.7 Å². The van der Waals surface area contributed by atoms with Gasteiger partial charge in [0, 0.05) is 39.0 Å². The molecule has 0 radical (unpaired) electrons. The second-order valence-corrected chi connectivity index (χ2v) is 6.12. The molecule has 2 aliphatic carbocycles. The molecule has 124 valence electrons. The highest BCUT2D eigenvalue weighted by Gasteiger charge is 2.42. The van der Waals surface area contributed by atoms with Crippen molar-refractivity contribution in [3.05, 3.63) is 42.1 Å². The average Bonchev–Trinajstić information content (AvgIpc) is 3.38. The minimum atomic E-state index is 0. The SMILES string of the molecule is C1=CC2CC2C2=C(C1)OCCCO2.[HH].c1cc2c(cn1)NCCO2. The number of hydrogen-bond acceptors (Lipinski definition) is 5. The quantitative estimate of drug-likeness (QED) is 0.744. The summed E-state index contributed by atoms with van der Waals surface area (Å²) in [5, 5.41) is 3.18. The van der Waals surface area contributed by atoms with E-state index in [1.165, 1.54) is 6.42 Å².